The average molecular weight is 304 g/mol. The maximum absolute atomic E-state index is 12.6. The second-order valence-electron chi connectivity index (χ2n) is 3.61. The molecule has 108 valence electrons. The molecule has 0 saturated carbocycles. The first-order valence-corrected chi connectivity index (χ1v) is 5.99. The van der Waals surface area contributed by atoms with Crippen molar-refractivity contribution in [2.75, 3.05) is 6.54 Å². The van der Waals surface area contributed by atoms with E-state index in [-0.39, 0.29) is 18.0 Å². The standard InChI is InChI=1S/C10H10F6N2S/c11-9(12,13)6-1-2-8(18-5-6)19-7(3-4-17)10(14,15)16/h1-2,5,7H,3-4,17H2. The van der Waals surface area contributed by atoms with E-state index in [0.717, 1.165) is 6.07 Å². The van der Waals surface area contributed by atoms with Crippen LogP contribution >= 0.6 is 11.8 Å². The molecule has 0 radical (unpaired) electrons. The summed E-state index contributed by atoms with van der Waals surface area (Å²) < 4.78 is 74.5. The summed E-state index contributed by atoms with van der Waals surface area (Å²) in [6.07, 6.45) is -8.85. The van der Waals surface area contributed by atoms with Crippen molar-refractivity contribution < 1.29 is 26.3 Å². The van der Waals surface area contributed by atoms with Gasteiger partial charge in [-0.15, -0.1) is 0 Å². The average Bonchev–Trinajstić information content (AvgIpc) is 2.26. The topological polar surface area (TPSA) is 38.9 Å². The molecule has 0 saturated heterocycles. The Labute approximate surface area is 109 Å². The van der Waals surface area contributed by atoms with Crippen LogP contribution in [-0.4, -0.2) is 23.0 Å². The summed E-state index contributed by atoms with van der Waals surface area (Å²) in [6, 6.07) is 1.62. The molecule has 0 fully saturated rings. The van der Waals surface area contributed by atoms with E-state index in [4.69, 9.17) is 5.73 Å². The van der Waals surface area contributed by atoms with Crippen molar-refractivity contribution in [2.45, 2.75) is 29.0 Å². The van der Waals surface area contributed by atoms with Crippen molar-refractivity contribution in [2.24, 2.45) is 5.73 Å². The first-order chi connectivity index (χ1) is 8.64. The summed E-state index contributed by atoms with van der Waals surface area (Å²) in [5.41, 5.74) is 4.08. The van der Waals surface area contributed by atoms with Gasteiger partial charge in [0.1, 0.15) is 5.25 Å². The lowest BCUT2D eigenvalue weighted by atomic mass is 10.3. The van der Waals surface area contributed by atoms with Gasteiger partial charge in [0.25, 0.3) is 0 Å². The van der Waals surface area contributed by atoms with Gasteiger partial charge in [-0.3, -0.25) is 0 Å². The van der Waals surface area contributed by atoms with Crippen molar-refractivity contribution in [1.29, 1.82) is 0 Å². The molecule has 1 atom stereocenters. The van der Waals surface area contributed by atoms with Gasteiger partial charge < -0.3 is 5.73 Å². The normalized spacial score (nSPS) is 14.5. The van der Waals surface area contributed by atoms with Crippen molar-refractivity contribution >= 4 is 11.8 Å². The summed E-state index contributed by atoms with van der Waals surface area (Å²) in [7, 11) is 0. The van der Waals surface area contributed by atoms with Crippen LogP contribution in [0.3, 0.4) is 0 Å². The largest absolute Gasteiger partial charge is 0.417 e. The van der Waals surface area contributed by atoms with Crippen LogP contribution in [0.1, 0.15) is 12.0 Å². The lowest BCUT2D eigenvalue weighted by molar-refractivity contribution is -0.138. The Hall–Kier alpha value is -0.960. The Bertz CT molecular complexity index is 400. The Morgan fingerprint density at radius 2 is 1.79 bits per heavy atom. The number of pyridine rings is 1. The molecule has 1 heterocycles. The summed E-state index contributed by atoms with van der Waals surface area (Å²) in [4.78, 5) is 3.38. The van der Waals surface area contributed by atoms with Gasteiger partial charge in [-0.2, -0.15) is 26.3 Å². The fourth-order valence-corrected chi connectivity index (χ4v) is 2.14. The molecule has 1 unspecified atom stereocenters. The Balaban J connectivity index is 2.81. The maximum atomic E-state index is 12.6. The van der Waals surface area contributed by atoms with Crippen molar-refractivity contribution in [3.05, 3.63) is 23.9 Å². The van der Waals surface area contributed by atoms with Crippen LogP contribution in [0.2, 0.25) is 0 Å². The van der Waals surface area contributed by atoms with Gasteiger partial charge in [0.05, 0.1) is 10.6 Å². The summed E-state index contributed by atoms with van der Waals surface area (Å²) >= 11 is 0.356. The zero-order chi connectivity index (χ0) is 14.7. The molecular weight excluding hydrogens is 294 g/mol. The van der Waals surface area contributed by atoms with Crippen LogP contribution in [0.5, 0.6) is 0 Å². The second-order valence-corrected chi connectivity index (χ2v) is 4.83. The highest BCUT2D eigenvalue weighted by molar-refractivity contribution is 7.99. The number of nitrogens with zero attached hydrogens (tertiary/aromatic N) is 1. The molecule has 9 heteroatoms. The van der Waals surface area contributed by atoms with Gasteiger partial charge >= 0.3 is 12.4 Å². The number of aromatic nitrogens is 1. The van der Waals surface area contributed by atoms with Crippen molar-refractivity contribution in [3.8, 4) is 0 Å². The third-order valence-electron chi connectivity index (χ3n) is 2.12. The molecule has 2 nitrogen and oxygen atoms in total. The number of thioether (sulfide) groups is 1. The summed E-state index contributed by atoms with van der Waals surface area (Å²) in [5, 5.41) is -1.90. The molecule has 0 spiro atoms. The van der Waals surface area contributed by atoms with E-state index in [2.05, 4.69) is 4.98 Å². The highest BCUT2D eigenvalue weighted by Gasteiger charge is 2.40. The van der Waals surface area contributed by atoms with E-state index in [9.17, 15) is 26.3 Å². The Morgan fingerprint density at radius 3 is 2.16 bits per heavy atom. The first-order valence-electron chi connectivity index (χ1n) is 5.11. The van der Waals surface area contributed by atoms with Crippen molar-refractivity contribution in [1.82, 2.24) is 4.98 Å². The van der Waals surface area contributed by atoms with Crippen LogP contribution in [0.15, 0.2) is 23.4 Å². The summed E-state index contributed by atoms with van der Waals surface area (Å²) in [5.74, 6) is 0. The van der Waals surface area contributed by atoms with Gasteiger partial charge in [-0.1, -0.05) is 11.8 Å². The SMILES string of the molecule is NCCC(Sc1ccc(C(F)(F)F)cn1)C(F)(F)F. The summed E-state index contributed by atoms with van der Waals surface area (Å²) in [6.45, 7) is -0.169. The molecule has 0 aliphatic carbocycles. The minimum atomic E-state index is -4.56. The Kier molecular flexibility index (Phi) is 5.08. The van der Waals surface area contributed by atoms with Gasteiger partial charge in [-0.05, 0) is 25.1 Å². The number of halogens is 6. The maximum Gasteiger partial charge on any atom is 0.417 e. The predicted molar refractivity (Wildman–Crippen MR) is 58.6 cm³/mol. The van der Waals surface area contributed by atoms with E-state index in [1.165, 1.54) is 0 Å². The van der Waals surface area contributed by atoms with E-state index in [0.29, 0.717) is 24.0 Å². The minimum Gasteiger partial charge on any atom is -0.330 e. The molecule has 0 aliphatic rings. The lowest BCUT2D eigenvalue weighted by Crippen LogP contribution is -2.28. The highest BCUT2D eigenvalue weighted by atomic mass is 32.2. The third kappa shape index (κ3) is 4.90. The zero-order valence-corrected chi connectivity index (χ0v) is 10.2. The van der Waals surface area contributed by atoms with Gasteiger partial charge in [0, 0.05) is 6.20 Å². The van der Waals surface area contributed by atoms with E-state index < -0.39 is 23.2 Å². The number of rotatable bonds is 4. The number of nitrogens with two attached hydrogens (primary N) is 1. The van der Waals surface area contributed by atoms with E-state index in [1.807, 2.05) is 0 Å². The smallest absolute Gasteiger partial charge is 0.330 e. The lowest BCUT2D eigenvalue weighted by Gasteiger charge is -2.18. The van der Waals surface area contributed by atoms with Crippen LogP contribution < -0.4 is 5.73 Å². The predicted octanol–water partition coefficient (Wildman–Crippen LogP) is 3.47. The molecule has 1 aromatic rings. The monoisotopic (exact) mass is 304 g/mol. The third-order valence-corrected chi connectivity index (χ3v) is 3.39. The molecule has 0 bridgehead atoms. The number of hydrogen-bond donors (Lipinski definition) is 1. The second kappa shape index (κ2) is 6.00. The van der Waals surface area contributed by atoms with E-state index in [1.54, 1.807) is 0 Å². The minimum absolute atomic E-state index is 0.122. The number of hydrogen-bond acceptors (Lipinski definition) is 3. The molecule has 0 aromatic carbocycles. The molecule has 2 N–H and O–H groups in total. The molecule has 0 amide bonds. The van der Waals surface area contributed by atoms with Crippen LogP contribution in [-0.2, 0) is 6.18 Å². The molecular formula is C10H10F6N2S. The number of alkyl halides is 6. The van der Waals surface area contributed by atoms with Gasteiger partial charge in [0.15, 0.2) is 0 Å². The fraction of sp³-hybridized carbons (Fsp3) is 0.500. The quantitative estimate of drug-likeness (QED) is 0.684. The highest BCUT2D eigenvalue weighted by Crippen LogP contribution is 2.37. The van der Waals surface area contributed by atoms with Crippen molar-refractivity contribution in [3.63, 3.8) is 0 Å². The Morgan fingerprint density at radius 1 is 1.16 bits per heavy atom. The fourth-order valence-electron chi connectivity index (χ4n) is 1.20. The molecule has 0 aliphatic heterocycles. The van der Waals surface area contributed by atoms with Gasteiger partial charge in [-0.25, -0.2) is 4.98 Å². The zero-order valence-electron chi connectivity index (χ0n) is 9.42. The molecule has 19 heavy (non-hydrogen) atoms. The van der Waals surface area contributed by atoms with Crippen LogP contribution in [0.4, 0.5) is 26.3 Å². The molecule has 1 aromatic heterocycles. The molecule has 1 rings (SSSR count). The van der Waals surface area contributed by atoms with Crippen LogP contribution in [0, 0.1) is 0 Å². The first kappa shape index (κ1) is 16.1. The van der Waals surface area contributed by atoms with Crippen LogP contribution in [0.25, 0.3) is 0 Å². The van der Waals surface area contributed by atoms with E-state index >= 15 is 0 Å². The van der Waals surface area contributed by atoms with Gasteiger partial charge in [0.2, 0.25) is 0 Å².